The van der Waals surface area contributed by atoms with Gasteiger partial charge in [-0.3, -0.25) is 0 Å². The van der Waals surface area contributed by atoms with E-state index in [0.717, 1.165) is 11.3 Å². The fraction of sp³-hybridized carbons (Fsp3) is 0.375. The molecule has 122 valence electrons. The van der Waals surface area contributed by atoms with E-state index in [4.69, 9.17) is 16.3 Å². The van der Waals surface area contributed by atoms with Crippen molar-refractivity contribution in [1.29, 1.82) is 0 Å². The van der Waals surface area contributed by atoms with Crippen LogP contribution in [0.5, 0.6) is 0 Å². The van der Waals surface area contributed by atoms with Crippen LogP contribution in [0.25, 0.3) is 0 Å². The van der Waals surface area contributed by atoms with Gasteiger partial charge in [-0.05, 0) is 31.4 Å². The van der Waals surface area contributed by atoms with Gasteiger partial charge in [-0.25, -0.2) is 9.78 Å². The van der Waals surface area contributed by atoms with Gasteiger partial charge in [0, 0.05) is 11.8 Å². The Bertz CT molecular complexity index is 719. The zero-order valence-corrected chi connectivity index (χ0v) is 14.3. The van der Waals surface area contributed by atoms with Crippen molar-refractivity contribution in [2.24, 2.45) is 0 Å². The number of pyridine rings is 1. The summed E-state index contributed by atoms with van der Waals surface area (Å²) < 4.78 is 4.98. The average molecular weight is 335 g/mol. The van der Waals surface area contributed by atoms with Crippen LogP contribution in [0.4, 0.5) is 11.5 Å². The van der Waals surface area contributed by atoms with Crippen LogP contribution in [-0.4, -0.2) is 27.8 Å². The number of aryl methyl sites for hydroxylation is 1. The van der Waals surface area contributed by atoms with E-state index in [2.05, 4.69) is 34.3 Å². The number of carbonyl (C=O) groups is 1. The summed E-state index contributed by atoms with van der Waals surface area (Å²) in [6.07, 6.45) is 0. The minimum Gasteiger partial charge on any atom is -0.461 e. The maximum absolute atomic E-state index is 12.0. The highest BCUT2D eigenvalue weighted by Crippen LogP contribution is 2.24. The zero-order chi connectivity index (χ0) is 17.0. The van der Waals surface area contributed by atoms with Crippen molar-refractivity contribution >= 4 is 29.1 Å². The molecule has 2 aromatic rings. The van der Waals surface area contributed by atoms with Crippen LogP contribution in [0.3, 0.4) is 0 Å². The smallest absolute Gasteiger partial charge is 0.361 e. The van der Waals surface area contributed by atoms with Crippen LogP contribution in [0.15, 0.2) is 18.2 Å². The minimum absolute atomic E-state index is 0.0738. The van der Waals surface area contributed by atoms with E-state index in [1.807, 2.05) is 19.1 Å². The topological polar surface area (TPSA) is 77.0 Å². The number of hydrogen-bond acceptors (Lipinski definition) is 6. The molecular weight excluding hydrogens is 316 g/mol. The number of ether oxygens (including phenoxy) is 1. The summed E-state index contributed by atoms with van der Waals surface area (Å²) in [4.78, 5) is 16.6. The molecule has 0 bridgehead atoms. The maximum Gasteiger partial charge on any atom is 0.361 e. The Hall–Kier alpha value is -2.21. The number of carbonyl (C=O) groups excluding carboxylic acids is 1. The fourth-order valence-electron chi connectivity index (χ4n) is 2.15. The van der Waals surface area contributed by atoms with E-state index in [1.165, 1.54) is 6.07 Å². The molecule has 0 aliphatic heterocycles. The third-order valence-electron chi connectivity index (χ3n) is 3.18. The van der Waals surface area contributed by atoms with E-state index in [9.17, 15) is 4.79 Å². The molecule has 0 spiro atoms. The van der Waals surface area contributed by atoms with E-state index in [-0.39, 0.29) is 17.5 Å². The first kappa shape index (κ1) is 17.1. The molecule has 23 heavy (non-hydrogen) atoms. The molecule has 6 nitrogen and oxygen atoms in total. The summed E-state index contributed by atoms with van der Waals surface area (Å²) in [6, 6.07) is 5.34. The van der Waals surface area contributed by atoms with Gasteiger partial charge in [0.2, 0.25) is 0 Å². The Labute approximate surface area is 140 Å². The largest absolute Gasteiger partial charge is 0.461 e. The lowest BCUT2D eigenvalue weighted by Gasteiger charge is -2.13. The number of rotatable bonds is 5. The summed E-state index contributed by atoms with van der Waals surface area (Å²) in [5.41, 5.74) is 2.59. The molecule has 0 unspecified atom stereocenters. The summed E-state index contributed by atoms with van der Waals surface area (Å²) in [7, 11) is 0. The van der Waals surface area contributed by atoms with Crippen molar-refractivity contribution in [3.8, 4) is 0 Å². The Morgan fingerprint density at radius 2 is 2.09 bits per heavy atom. The van der Waals surface area contributed by atoms with Crippen LogP contribution in [0, 0.1) is 6.92 Å². The molecule has 0 saturated heterocycles. The molecule has 0 aliphatic carbocycles. The van der Waals surface area contributed by atoms with Crippen molar-refractivity contribution in [3.63, 3.8) is 0 Å². The van der Waals surface area contributed by atoms with Gasteiger partial charge in [-0.1, -0.05) is 31.5 Å². The highest BCUT2D eigenvalue weighted by atomic mass is 35.5. The van der Waals surface area contributed by atoms with Gasteiger partial charge >= 0.3 is 5.97 Å². The maximum atomic E-state index is 12.0. The molecular formula is C16H19ClN4O2. The van der Waals surface area contributed by atoms with Crippen LogP contribution in [-0.2, 0) is 4.74 Å². The van der Waals surface area contributed by atoms with Crippen molar-refractivity contribution in [3.05, 3.63) is 40.3 Å². The second kappa shape index (κ2) is 7.37. The van der Waals surface area contributed by atoms with Crippen molar-refractivity contribution in [2.45, 2.75) is 33.6 Å². The number of esters is 1. The number of halogens is 1. The third-order valence-corrected chi connectivity index (χ3v) is 3.36. The second-order valence-electron chi connectivity index (χ2n) is 5.33. The van der Waals surface area contributed by atoms with Crippen molar-refractivity contribution < 1.29 is 9.53 Å². The predicted molar refractivity (Wildman–Crippen MR) is 89.3 cm³/mol. The predicted octanol–water partition coefficient (Wildman–Crippen LogP) is 3.88. The highest BCUT2D eigenvalue weighted by Gasteiger charge is 2.17. The van der Waals surface area contributed by atoms with Gasteiger partial charge in [0.05, 0.1) is 12.3 Å². The number of nitrogens with one attached hydrogen (secondary N) is 1. The number of hydrogen-bond donors (Lipinski definition) is 1. The van der Waals surface area contributed by atoms with Gasteiger partial charge in [0.25, 0.3) is 0 Å². The lowest BCUT2D eigenvalue weighted by atomic mass is 10.1. The summed E-state index contributed by atoms with van der Waals surface area (Å²) >= 11 is 5.89. The average Bonchev–Trinajstić information content (AvgIpc) is 2.49. The standard InChI is InChI=1S/C16H19ClN4O2/c1-5-23-16(22)15-11(8-12(17)20-21-15)18-13-7-6-10(4)14(19-13)9(2)3/h6-9H,5H2,1-4H3,(H,18,19,20). The van der Waals surface area contributed by atoms with E-state index in [1.54, 1.807) is 6.92 Å². The molecule has 2 aromatic heterocycles. The van der Waals surface area contributed by atoms with Gasteiger partial charge in [0.15, 0.2) is 10.8 Å². The summed E-state index contributed by atoms with van der Waals surface area (Å²) in [5, 5.41) is 10.8. The van der Waals surface area contributed by atoms with Gasteiger partial charge in [-0.2, -0.15) is 0 Å². The molecule has 2 heterocycles. The zero-order valence-electron chi connectivity index (χ0n) is 13.6. The first-order chi connectivity index (χ1) is 10.9. The summed E-state index contributed by atoms with van der Waals surface area (Å²) in [6.45, 7) is 8.15. The molecule has 0 aliphatic rings. The monoisotopic (exact) mass is 334 g/mol. The molecule has 0 amide bonds. The quantitative estimate of drug-likeness (QED) is 0.836. The van der Waals surface area contributed by atoms with E-state index < -0.39 is 5.97 Å². The van der Waals surface area contributed by atoms with Crippen molar-refractivity contribution in [1.82, 2.24) is 15.2 Å². The molecule has 7 heteroatoms. The molecule has 1 N–H and O–H groups in total. The number of anilines is 2. The molecule has 2 rings (SSSR count). The molecule has 0 fully saturated rings. The molecule has 0 atom stereocenters. The van der Waals surface area contributed by atoms with Gasteiger partial charge in [-0.15, -0.1) is 10.2 Å². The minimum atomic E-state index is -0.560. The first-order valence-electron chi connectivity index (χ1n) is 7.37. The molecule has 0 saturated carbocycles. The third kappa shape index (κ3) is 4.16. The number of aromatic nitrogens is 3. The number of nitrogens with zero attached hydrogens (tertiary/aromatic N) is 3. The highest BCUT2D eigenvalue weighted by molar-refractivity contribution is 6.29. The van der Waals surface area contributed by atoms with Crippen molar-refractivity contribution in [2.75, 3.05) is 11.9 Å². The van der Waals surface area contributed by atoms with E-state index in [0.29, 0.717) is 17.4 Å². The Kier molecular flexibility index (Phi) is 5.50. The summed E-state index contributed by atoms with van der Waals surface area (Å²) in [5.74, 6) is 0.338. The first-order valence-corrected chi connectivity index (χ1v) is 7.75. The Balaban J connectivity index is 2.38. The lowest BCUT2D eigenvalue weighted by molar-refractivity contribution is 0.0519. The Morgan fingerprint density at radius 1 is 1.35 bits per heavy atom. The van der Waals surface area contributed by atoms with E-state index >= 15 is 0 Å². The van der Waals surface area contributed by atoms with Gasteiger partial charge in [0.1, 0.15) is 5.82 Å². The van der Waals surface area contributed by atoms with Crippen LogP contribution in [0.1, 0.15) is 48.4 Å². The molecule has 0 aromatic carbocycles. The second-order valence-corrected chi connectivity index (χ2v) is 5.72. The van der Waals surface area contributed by atoms with Crippen LogP contribution < -0.4 is 5.32 Å². The lowest BCUT2D eigenvalue weighted by Crippen LogP contribution is -2.12. The van der Waals surface area contributed by atoms with Gasteiger partial charge < -0.3 is 10.1 Å². The SMILES string of the molecule is CCOC(=O)c1nnc(Cl)cc1Nc1ccc(C)c(C(C)C)n1. The molecule has 0 radical (unpaired) electrons. The van der Waals surface area contributed by atoms with Crippen LogP contribution in [0.2, 0.25) is 5.15 Å². The van der Waals surface area contributed by atoms with Crippen LogP contribution >= 0.6 is 11.6 Å². The Morgan fingerprint density at radius 3 is 2.74 bits per heavy atom. The fourth-order valence-corrected chi connectivity index (χ4v) is 2.30. The normalized spacial score (nSPS) is 10.7.